The highest BCUT2D eigenvalue weighted by Crippen LogP contribution is 2.24. The van der Waals surface area contributed by atoms with Gasteiger partial charge in [0.05, 0.1) is 6.54 Å². The third kappa shape index (κ3) is 3.20. The summed E-state index contributed by atoms with van der Waals surface area (Å²) in [7, 11) is 0. The van der Waals surface area contributed by atoms with E-state index in [0.29, 0.717) is 16.7 Å². The number of hydrogen-bond donors (Lipinski definition) is 1. The van der Waals surface area contributed by atoms with Crippen molar-refractivity contribution in [3.05, 3.63) is 59.6 Å². The molecule has 4 nitrogen and oxygen atoms in total. The number of benzene rings is 2. The average Bonchev–Trinajstić information content (AvgIpc) is 2.88. The Bertz CT molecular complexity index is 657. The first-order chi connectivity index (χ1) is 10.2. The van der Waals surface area contributed by atoms with Crippen LogP contribution >= 0.6 is 23.8 Å². The predicted octanol–water partition coefficient (Wildman–Crippen LogP) is 4.34. The average molecular weight is 317 g/mol. The van der Waals surface area contributed by atoms with E-state index >= 15 is 0 Å². The molecule has 1 unspecified atom stereocenters. The Morgan fingerprint density at radius 2 is 1.81 bits per heavy atom. The van der Waals surface area contributed by atoms with E-state index in [1.54, 1.807) is 0 Å². The molecule has 0 saturated carbocycles. The second-order valence-corrected chi connectivity index (χ2v) is 5.37. The summed E-state index contributed by atoms with van der Waals surface area (Å²) in [5.74, 6) is 0. The Labute approximate surface area is 133 Å². The molecule has 1 N–H and O–H groups in total. The van der Waals surface area contributed by atoms with Crippen LogP contribution < -0.4 is 10.2 Å². The van der Waals surface area contributed by atoms with E-state index in [9.17, 15) is 0 Å². The molecule has 0 aliphatic carbocycles. The van der Waals surface area contributed by atoms with Gasteiger partial charge in [-0.3, -0.25) is 4.90 Å². The molecule has 3 rings (SSSR count). The van der Waals surface area contributed by atoms with Crippen molar-refractivity contribution in [2.75, 3.05) is 16.8 Å². The van der Waals surface area contributed by atoms with Crippen LogP contribution in [-0.2, 0) is 0 Å². The molecule has 2 aromatic rings. The van der Waals surface area contributed by atoms with Gasteiger partial charge in [0, 0.05) is 16.4 Å². The van der Waals surface area contributed by atoms with Crippen LogP contribution in [-0.4, -0.2) is 17.8 Å². The summed E-state index contributed by atoms with van der Waals surface area (Å²) in [6.45, 7) is 0.611. The van der Waals surface area contributed by atoms with Crippen molar-refractivity contribution in [3.63, 3.8) is 0 Å². The van der Waals surface area contributed by atoms with E-state index < -0.39 is 0 Å². The largest absolute Gasteiger partial charge is 0.381 e. The maximum Gasteiger partial charge on any atom is 0.222 e. The topological polar surface area (TPSA) is 40.0 Å². The zero-order valence-corrected chi connectivity index (χ0v) is 12.7. The van der Waals surface area contributed by atoms with Crippen molar-refractivity contribution in [2.45, 2.75) is 6.17 Å². The summed E-state index contributed by atoms with van der Waals surface area (Å²) in [5.41, 5.74) is 1.98. The smallest absolute Gasteiger partial charge is 0.222 e. The van der Waals surface area contributed by atoms with Crippen molar-refractivity contribution < 1.29 is 0 Å². The molecule has 0 spiro atoms. The van der Waals surface area contributed by atoms with Gasteiger partial charge < -0.3 is 5.32 Å². The second-order valence-electron chi connectivity index (χ2n) is 4.57. The number of anilines is 2. The number of para-hydroxylation sites is 1. The van der Waals surface area contributed by atoms with Crippen LogP contribution in [0.5, 0.6) is 0 Å². The van der Waals surface area contributed by atoms with Crippen LogP contribution in [0.3, 0.4) is 0 Å². The number of nitrogens with one attached hydrogen (secondary N) is 1. The monoisotopic (exact) mass is 316 g/mol. The van der Waals surface area contributed by atoms with Crippen molar-refractivity contribution in [1.29, 1.82) is 0 Å². The van der Waals surface area contributed by atoms with E-state index in [1.165, 1.54) is 0 Å². The first-order valence-corrected chi connectivity index (χ1v) is 7.31. The number of azo groups is 1. The Balaban J connectivity index is 1.71. The molecular formula is C15H13ClN4S. The Kier molecular flexibility index (Phi) is 4.13. The molecule has 0 bridgehead atoms. The number of halogens is 1. The number of thiocarbonyl (C=S) groups is 1. The van der Waals surface area contributed by atoms with Crippen LogP contribution in [0.4, 0.5) is 11.4 Å². The van der Waals surface area contributed by atoms with Crippen molar-refractivity contribution >= 4 is 40.3 Å². The van der Waals surface area contributed by atoms with Gasteiger partial charge in [-0.05, 0) is 48.6 Å². The molecule has 6 heteroatoms. The van der Waals surface area contributed by atoms with Crippen LogP contribution in [0, 0.1) is 0 Å². The first-order valence-electron chi connectivity index (χ1n) is 6.52. The van der Waals surface area contributed by atoms with Gasteiger partial charge in [-0.15, -0.1) is 5.11 Å². The quantitative estimate of drug-likeness (QED) is 0.853. The van der Waals surface area contributed by atoms with Crippen molar-refractivity contribution in [2.24, 2.45) is 10.2 Å². The minimum atomic E-state index is -0.143. The fraction of sp³-hybridized carbons (Fsp3) is 0.133. The summed E-state index contributed by atoms with van der Waals surface area (Å²) in [4.78, 5) is 1.94. The van der Waals surface area contributed by atoms with Gasteiger partial charge in [-0.2, -0.15) is 5.11 Å². The molecule has 1 aliphatic rings. The first kappa shape index (κ1) is 14.0. The maximum atomic E-state index is 5.87. The molecular weight excluding hydrogens is 304 g/mol. The van der Waals surface area contributed by atoms with Crippen LogP contribution in [0.15, 0.2) is 64.8 Å². The predicted molar refractivity (Wildman–Crippen MR) is 90.1 cm³/mol. The highest BCUT2D eigenvalue weighted by molar-refractivity contribution is 7.80. The number of nitrogens with zero attached hydrogens (tertiary/aromatic N) is 3. The highest BCUT2D eigenvalue weighted by atomic mass is 35.5. The van der Waals surface area contributed by atoms with E-state index in [0.717, 1.165) is 11.4 Å². The molecule has 106 valence electrons. The van der Waals surface area contributed by atoms with Crippen LogP contribution in [0.2, 0.25) is 5.02 Å². The van der Waals surface area contributed by atoms with Gasteiger partial charge in [-0.25, -0.2) is 0 Å². The van der Waals surface area contributed by atoms with Gasteiger partial charge in [0.15, 0.2) is 6.17 Å². The Hall–Kier alpha value is -1.98. The molecule has 0 aromatic heterocycles. The zero-order chi connectivity index (χ0) is 14.7. The summed E-state index contributed by atoms with van der Waals surface area (Å²) in [6, 6.07) is 17.5. The van der Waals surface area contributed by atoms with Crippen LogP contribution in [0.25, 0.3) is 0 Å². The fourth-order valence-corrected chi connectivity index (χ4v) is 2.52. The third-order valence-corrected chi connectivity index (χ3v) is 3.68. The number of rotatable bonds is 4. The Morgan fingerprint density at radius 1 is 1.10 bits per heavy atom. The SMILES string of the molecule is S=C1N=NC(CNc2ccc(Cl)cc2)N1c1ccccc1. The van der Waals surface area contributed by atoms with Crippen LogP contribution in [0.1, 0.15) is 0 Å². The van der Waals surface area contributed by atoms with E-state index in [-0.39, 0.29) is 6.17 Å². The van der Waals surface area contributed by atoms with E-state index in [2.05, 4.69) is 15.5 Å². The molecule has 2 aromatic carbocycles. The lowest BCUT2D eigenvalue weighted by molar-refractivity contribution is 0.737. The van der Waals surface area contributed by atoms with Gasteiger partial charge in [-0.1, -0.05) is 29.8 Å². The molecule has 1 aliphatic heterocycles. The van der Waals surface area contributed by atoms with Gasteiger partial charge in [0.2, 0.25) is 5.11 Å². The minimum Gasteiger partial charge on any atom is -0.381 e. The standard InChI is InChI=1S/C15H13ClN4S/c16-11-6-8-12(9-7-11)17-10-14-18-19-15(21)20(14)13-4-2-1-3-5-13/h1-9,14,17H,10H2. The molecule has 1 atom stereocenters. The normalized spacial score (nSPS) is 17.3. The maximum absolute atomic E-state index is 5.87. The second kappa shape index (κ2) is 6.20. The summed E-state index contributed by atoms with van der Waals surface area (Å²) in [5, 5.41) is 12.8. The molecule has 0 amide bonds. The molecule has 21 heavy (non-hydrogen) atoms. The molecule has 0 fully saturated rings. The zero-order valence-electron chi connectivity index (χ0n) is 11.1. The molecule has 1 heterocycles. The lowest BCUT2D eigenvalue weighted by Crippen LogP contribution is -2.37. The van der Waals surface area contributed by atoms with E-state index in [4.69, 9.17) is 23.8 Å². The summed E-state index contributed by atoms with van der Waals surface area (Å²) in [6.07, 6.45) is -0.143. The fourth-order valence-electron chi connectivity index (χ4n) is 2.12. The summed E-state index contributed by atoms with van der Waals surface area (Å²) >= 11 is 11.1. The summed E-state index contributed by atoms with van der Waals surface area (Å²) < 4.78 is 0. The molecule has 0 radical (unpaired) electrons. The molecule has 0 saturated heterocycles. The van der Waals surface area contributed by atoms with E-state index in [1.807, 2.05) is 59.5 Å². The Morgan fingerprint density at radius 3 is 2.52 bits per heavy atom. The van der Waals surface area contributed by atoms with Gasteiger partial charge >= 0.3 is 0 Å². The van der Waals surface area contributed by atoms with Gasteiger partial charge in [0.25, 0.3) is 0 Å². The van der Waals surface area contributed by atoms with Crippen molar-refractivity contribution in [1.82, 2.24) is 0 Å². The number of hydrogen-bond acceptors (Lipinski definition) is 3. The van der Waals surface area contributed by atoms with Crippen molar-refractivity contribution in [3.8, 4) is 0 Å². The highest BCUT2D eigenvalue weighted by Gasteiger charge is 2.27. The lowest BCUT2D eigenvalue weighted by Gasteiger charge is -2.23. The third-order valence-electron chi connectivity index (χ3n) is 3.15. The lowest BCUT2D eigenvalue weighted by atomic mass is 10.2. The minimum absolute atomic E-state index is 0.143. The van der Waals surface area contributed by atoms with Gasteiger partial charge in [0.1, 0.15) is 0 Å².